The van der Waals surface area contributed by atoms with Gasteiger partial charge in [-0.2, -0.15) is 0 Å². The molecule has 0 aliphatic carbocycles. The summed E-state index contributed by atoms with van der Waals surface area (Å²) in [6, 6.07) is 6.26. The van der Waals surface area contributed by atoms with Gasteiger partial charge in [-0.15, -0.1) is 0 Å². The summed E-state index contributed by atoms with van der Waals surface area (Å²) in [6.45, 7) is 2.41. The van der Waals surface area contributed by atoms with Crippen LogP contribution in [0.4, 0.5) is 11.5 Å². The quantitative estimate of drug-likeness (QED) is 0.844. The minimum absolute atomic E-state index is 0.167. The highest BCUT2D eigenvalue weighted by Gasteiger charge is 2.09. The molecule has 0 spiro atoms. The van der Waals surface area contributed by atoms with E-state index in [-0.39, 0.29) is 16.9 Å². The lowest BCUT2D eigenvalue weighted by atomic mass is 10.2. The molecule has 0 radical (unpaired) electrons. The molecule has 0 bridgehead atoms. The third kappa shape index (κ3) is 3.58. The fourth-order valence-corrected chi connectivity index (χ4v) is 1.75. The average Bonchev–Trinajstić information content (AvgIpc) is 2.40. The van der Waals surface area contributed by atoms with Gasteiger partial charge in [-0.1, -0.05) is 11.6 Å². The summed E-state index contributed by atoms with van der Waals surface area (Å²) in [7, 11) is 0. The third-order valence-corrected chi connectivity index (χ3v) is 2.56. The van der Waals surface area contributed by atoms with E-state index in [2.05, 4.69) is 15.3 Å². The Bertz CT molecular complexity index is 596. The maximum Gasteiger partial charge on any atom is 0.255 e. The molecule has 0 saturated heterocycles. The molecule has 2 heterocycles. The zero-order valence-electron chi connectivity index (χ0n) is 10.8. The number of amides is 1. The number of pyridine rings is 2. The van der Waals surface area contributed by atoms with Crippen LogP contribution in [-0.4, -0.2) is 22.5 Å². The molecule has 2 aromatic rings. The minimum Gasteiger partial charge on any atom is -0.478 e. The maximum atomic E-state index is 12.0. The molecule has 0 unspecified atom stereocenters. The summed E-state index contributed by atoms with van der Waals surface area (Å²) >= 11 is 5.75. The molecule has 0 saturated carbocycles. The lowest BCUT2D eigenvalue weighted by molar-refractivity contribution is 0.102. The summed E-state index contributed by atoms with van der Waals surface area (Å²) in [4.78, 5) is 19.9. The van der Waals surface area contributed by atoms with Gasteiger partial charge in [-0.05, 0) is 25.1 Å². The third-order valence-electron chi connectivity index (χ3n) is 2.36. The van der Waals surface area contributed by atoms with Crippen LogP contribution in [0.5, 0.6) is 5.88 Å². The summed E-state index contributed by atoms with van der Waals surface area (Å²) < 4.78 is 5.22. The van der Waals surface area contributed by atoms with Gasteiger partial charge in [0.2, 0.25) is 5.88 Å². The first kappa shape index (κ1) is 14.1. The van der Waals surface area contributed by atoms with E-state index >= 15 is 0 Å². The lowest BCUT2D eigenvalue weighted by Crippen LogP contribution is -2.13. The van der Waals surface area contributed by atoms with Crippen molar-refractivity contribution >= 4 is 29.0 Å². The Kier molecular flexibility index (Phi) is 4.37. The normalized spacial score (nSPS) is 10.1. The smallest absolute Gasteiger partial charge is 0.255 e. The number of carbonyl (C=O) groups is 1. The molecule has 3 N–H and O–H groups in total. The van der Waals surface area contributed by atoms with Crippen LogP contribution in [0.3, 0.4) is 0 Å². The van der Waals surface area contributed by atoms with Crippen molar-refractivity contribution in [3.63, 3.8) is 0 Å². The second-order valence-electron chi connectivity index (χ2n) is 3.88. The number of nitrogens with zero attached hydrogens (tertiary/aromatic N) is 2. The average molecular weight is 293 g/mol. The molecule has 7 heteroatoms. The van der Waals surface area contributed by atoms with E-state index < -0.39 is 0 Å². The van der Waals surface area contributed by atoms with Crippen LogP contribution in [0.2, 0.25) is 5.15 Å². The number of aromatic nitrogens is 2. The van der Waals surface area contributed by atoms with Gasteiger partial charge in [0.25, 0.3) is 5.91 Å². The number of nitrogen functional groups attached to an aromatic ring is 1. The summed E-state index contributed by atoms with van der Waals surface area (Å²) in [5.74, 6) is 0.348. The topological polar surface area (TPSA) is 90.1 Å². The van der Waals surface area contributed by atoms with Crippen LogP contribution in [0, 0.1) is 0 Å². The Hall–Kier alpha value is -2.34. The molecule has 0 aromatic carbocycles. The Morgan fingerprint density at radius 1 is 1.45 bits per heavy atom. The lowest BCUT2D eigenvalue weighted by Gasteiger charge is -2.07. The molecule has 0 aliphatic rings. The predicted octanol–water partition coefficient (Wildman–Crippen LogP) is 2.36. The van der Waals surface area contributed by atoms with Crippen LogP contribution >= 0.6 is 11.6 Å². The van der Waals surface area contributed by atoms with Crippen molar-refractivity contribution in [2.45, 2.75) is 6.92 Å². The summed E-state index contributed by atoms with van der Waals surface area (Å²) in [6.07, 6.45) is 1.51. The number of rotatable bonds is 4. The standard InChI is InChI=1S/C13H13ClN4O2/c1-2-20-12-4-3-9(7-16-12)17-13(19)8-5-10(14)18-11(15)6-8/h3-7H,2H2,1H3,(H2,15,18)(H,17,19). The molecule has 104 valence electrons. The number of halogens is 1. The number of carbonyl (C=O) groups excluding carboxylic acids is 1. The van der Waals surface area contributed by atoms with E-state index in [9.17, 15) is 4.79 Å². The van der Waals surface area contributed by atoms with E-state index in [1.807, 2.05) is 6.92 Å². The molecule has 6 nitrogen and oxygen atoms in total. The van der Waals surface area contributed by atoms with Gasteiger partial charge in [0.05, 0.1) is 18.5 Å². The number of hydrogen-bond acceptors (Lipinski definition) is 5. The van der Waals surface area contributed by atoms with Crippen molar-refractivity contribution < 1.29 is 9.53 Å². The maximum absolute atomic E-state index is 12.0. The van der Waals surface area contributed by atoms with Gasteiger partial charge in [0.1, 0.15) is 11.0 Å². The van der Waals surface area contributed by atoms with Gasteiger partial charge in [0, 0.05) is 11.6 Å². The molecule has 0 fully saturated rings. The van der Waals surface area contributed by atoms with Gasteiger partial charge in [-0.25, -0.2) is 9.97 Å². The van der Waals surface area contributed by atoms with Gasteiger partial charge in [0.15, 0.2) is 0 Å². The highest BCUT2D eigenvalue weighted by molar-refractivity contribution is 6.30. The van der Waals surface area contributed by atoms with E-state index in [0.29, 0.717) is 23.7 Å². The molecular formula is C13H13ClN4O2. The van der Waals surface area contributed by atoms with Crippen LogP contribution in [0.25, 0.3) is 0 Å². The number of hydrogen-bond donors (Lipinski definition) is 2. The largest absolute Gasteiger partial charge is 0.478 e. The fourth-order valence-electron chi connectivity index (χ4n) is 1.54. The van der Waals surface area contributed by atoms with E-state index in [4.69, 9.17) is 22.1 Å². The number of nitrogens with two attached hydrogens (primary N) is 1. The van der Waals surface area contributed by atoms with Gasteiger partial charge < -0.3 is 15.8 Å². The van der Waals surface area contributed by atoms with Crippen molar-refractivity contribution in [3.8, 4) is 5.88 Å². The highest BCUT2D eigenvalue weighted by atomic mass is 35.5. The van der Waals surface area contributed by atoms with Gasteiger partial charge in [-0.3, -0.25) is 4.79 Å². The summed E-state index contributed by atoms with van der Waals surface area (Å²) in [5, 5.41) is 2.85. The number of anilines is 2. The van der Waals surface area contributed by atoms with Crippen molar-refractivity contribution in [2.75, 3.05) is 17.7 Å². The fraction of sp³-hybridized carbons (Fsp3) is 0.154. The zero-order chi connectivity index (χ0) is 14.5. The Morgan fingerprint density at radius 3 is 2.85 bits per heavy atom. The number of ether oxygens (including phenoxy) is 1. The highest BCUT2D eigenvalue weighted by Crippen LogP contribution is 2.16. The number of nitrogens with one attached hydrogen (secondary N) is 1. The molecular weight excluding hydrogens is 280 g/mol. The first-order chi connectivity index (χ1) is 9.58. The summed E-state index contributed by atoms with van der Waals surface area (Å²) in [5.41, 5.74) is 6.42. The van der Waals surface area contributed by atoms with Crippen molar-refractivity contribution in [3.05, 3.63) is 41.2 Å². The molecule has 0 aliphatic heterocycles. The first-order valence-corrected chi connectivity index (χ1v) is 6.29. The SMILES string of the molecule is CCOc1ccc(NC(=O)c2cc(N)nc(Cl)c2)cn1. The Balaban J connectivity index is 2.10. The zero-order valence-corrected chi connectivity index (χ0v) is 11.5. The molecule has 2 rings (SSSR count). The van der Waals surface area contributed by atoms with Crippen molar-refractivity contribution in [2.24, 2.45) is 0 Å². The van der Waals surface area contributed by atoms with Crippen LogP contribution in [0.1, 0.15) is 17.3 Å². The van der Waals surface area contributed by atoms with Crippen LogP contribution in [-0.2, 0) is 0 Å². The Labute approximate surface area is 120 Å². The van der Waals surface area contributed by atoms with Crippen LogP contribution in [0.15, 0.2) is 30.5 Å². The predicted molar refractivity (Wildman–Crippen MR) is 77.0 cm³/mol. The molecule has 20 heavy (non-hydrogen) atoms. The first-order valence-electron chi connectivity index (χ1n) is 5.91. The minimum atomic E-state index is -0.341. The molecule has 0 atom stereocenters. The monoisotopic (exact) mass is 292 g/mol. The second-order valence-corrected chi connectivity index (χ2v) is 4.26. The van der Waals surface area contributed by atoms with E-state index in [1.165, 1.54) is 18.3 Å². The molecule has 1 amide bonds. The Morgan fingerprint density at radius 2 is 2.25 bits per heavy atom. The van der Waals surface area contributed by atoms with Crippen molar-refractivity contribution in [1.29, 1.82) is 0 Å². The molecule has 2 aromatic heterocycles. The van der Waals surface area contributed by atoms with E-state index in [1.54, 1.807) is 12.1 Å². The second kappa shape index (κ2) is 6.21. The van der Waals surface area contributed by atoms with E-state index in [0.717, 1.165) is 0 Å². The van der Waals surface area contributed by atoms with Crippen LogP contribution < -0.4 is 15.8 Å². The van der Waals surface area contributed by atoms with Crippen molar-refractivity contribution in [1.82, 2.24) is 9.97 Å². The van der Waals surface area contributed by atoms with Gasteiger partial charge >= 0.3 is 0 Å².